The largest absolute Gasteiger partial charge is 0.491 e. The van der Waals surface area contributed by atoms with E-state index in [4.69, 9.17) is 33.0 Å². The quantitative estimate of drug-likeness (QED) is 0.398. The van der Waals surface area contributed by atoms with Crippen LogP contribution in [0.25, 0.3) is 0 Å². The van der Waals surface area contributed by atoms with E-state index >= 15 is 0 Å². The van der Waals surface area contributed by atoms with Crippen molar-refractivity contribution in [2.24, 2.45) is 0 Å². The van der Waals surface area contributed by atoms with Gasteiger partial charge in [0.25, 0.3) is 0 Å². The number of rotatable bonds is 9. The van der Waals surface area contributed by atoms with Gasteiger partial charge in [0, 0.05) is 43.4 Å². The monoisotopic (exact) mass is 525 g/mol. The Hall–Kier alpha value is -2.79. The topological polar surface area (TPSA) is 80.0 Å². The number of aliphatic hydroxyl groups excluding tert-OH is 2. The van der Waals surface area contributed by atoms with Gasteiger partial charge in [-0.1, -0.05) is 47.5 Å². The van der Waals surface area contributed by atoms with E-state index in [1.54, 1.807) is 6.07 Å². The van der Waals surface area contributed by atoms with Crippen LogP contribution in [0.5, 0.6) is 5.75 Å². The van der Waals surface area contributed by atoms with Crippen LogP contribution in [0.15, 0.2) is 66.7 Å². The van der Waals surface area contributed by atoms with Crippen LogP contribution < -0.4 is 9.64 Å². The normalized spacial score (nSPS) is 17.0. The molecule has 1 unspecified atom stereocenters. The van der Waals surface area contributed by atoms with Crippen LogP contribution in [0.4, 0.5) is 5.69 Å². The number of benzene rings is 3. The van der Waals surface area contributed by atoms with E-state index in [1.165, 1.54) is 0 Å². The van der Waals surface area contributed by atoms with E-state index in [1.807, 2.05) is 60.7 Å². The zero-order valence-electron chi connectivity index (χ0n) is 19.9. The van der Waals surface area contributed by atoms with E-state index in [0.717, 1.165) is 29.9 Å². The molecule has 188 valence electrons. The maximum Gasteiger partial charge on any atom is 0.121 e. The molecule has 36 heavy (non-hydrogen) atoms. The lowest BCUT2D eigenvalue weighted by molar-refractivity contribution is 0.131. The first kappa shape index (κ1) is 26.3. The molecule has 1 fully saturated rings. The van der Waals surface area contributed by atoms with Gasteiger partial charge in [-0.3, -0.25) is 4.90 Å². The van der Waals surface area contributed by atoms with Crippen molar-refractivity contribution in [2.75, 3.05) is 44.4 Å². The molecule has 0 aliphatic carbocycles. The molecule has 0 bridgehead atoms. The molecule has 1 aliphatic heterocycles. The Morgan fingerprint density at radius 3 is 2.36 bits per heavy atom. The maximum atomic E-state index is 9.85. The second kappa shape index (κ2) is 12.4. The minimum absolute atomic E-state index is 0.00250. The van der Waals surface area contributed by atoms with Crippen molar-refractivity contribution in [2.45, 2.75) is 18.5 Å². The van der Waals surface area contributed by atoms with E-state index in [0.29, 0.717) is 34.3 Å². The first-order valence-electron chi connectivity index (χ1n) is 11.9. The molecule has 0 spiro atoms. The molecule has 8 heteroatoms. The SMILES string of the molecule is N#Cc1ccc(C(CCO)N2CCN(c3ccc(OCCO)cc3Cl)[C@H](c3ccc(Cl)cc3)C2)cc1. The second-order valence-electron chi connectivity index (χ2n) is 8.70. The highest BCUT2D eigenvalue weighted by Crippen LogP contribution is 2.39. The fourth-order valence-corrected chi connectivity index (χ4v) is 5.19. The lowest BCUT2D eigenvalue weighted by atomic mass is 9.96. The summed E-state index contributed by atoms with van der Waals surface area (Å²) in [5.74, 6) is 0.614. The van der Waals surface area contributed by atoms with Gasteiger partial charge in [-0.05, 0) is 53.9 Å². The van der Waals surface area contributed by atoms with Crippen LogP contribution >= 0.6 is 23.2 Å². The fraction of sp³-hybridized carbons (Fsp3) is 0.321. The number of anilines is 1. The van der Waals surface area contributed by atoms with E-state index in [-0.39, 0.29) is 31.9 Å². The summed E-state index contributed by atoms with van der Waals surface area (Å²) in [7, 11) is 0. The minimum Gasteiger partial charge on any atom is -0.491 e. The highest BCUT2D eigenvalue weighted by atomic mass is 35.5. The molecule has 1 heterocycles. The third-order valence-electron chi connectivity index (χ3n) is 6.52. The molecule has 0 amide bonds. The van der Waals surface area contributed by atoms with Gasteiger partial charge in [0.2, 0.25) is 0 Å². The molecule has 2 atom stereocenters. The number of nitrogens with zero attached hydrogens (tertiary/aromatic N) is 3. The van der Waals surface area contributed by atoms with E-state index < -0.39 is 0 Å². The second-order valence-corrected chi connectivity index (χ2v) is 9.55. The van der Waals surface area contributed by atoms with E-state index in [9.17, 15) is 10.4 Å². The average Bonchev–Trinajstić information content (AvgIpc) is 2.91. The van der Waals surface area contributed by atoms with Gasteiger partial charge >= 0.3 is 0 Å². The molecule has 1 aliphatic rings. The molecular weight excluding hydrogens is 497 g/mol. The molecule has 3 aromatic carbocycles. The number of piperazine rings is 1. The molecule has 4 rings (SSSR count). The molecule has 3 aromatic rings. The Morgan fingerprint density at radius 1 is 0.972 bits per heavy atom. The van der Waals surface area contributed by atoms with Gasteiger partial charge in [0.1, 0.15) is 12.4 Å². The predicted molar refractivity (Wildman–Crippen MR) is 143 cm³/mol. The smallest absolute Gasteiger partial charge is 0.121 e. The summed E-state index contributed by atoms with van der Waals surface area (Å²) in [5.41, 5.74) is 3.72. The summed E-state index contributed by atoms with van der Waals surface area (Å²) >= 11 is 12.9. The predicted octanol–water partition coefficient (Wildman–Crippen LogP) is 5.22. The number of ether oxygens (including phenoxy) is 1. The van der Waals surface area contributed by atoms with Crippen molar-refractivity contribution < 1.29 is 14.9 Å². The third-order valence-corrected chi connectivity index (χ3v) is 7.08. The molecule has 0 saturated carbocycles. The average molecular weight is 526 g/mol. The van der Waals surface area contributed by atoms with E-state index in [2.05, 4.69) is 15.9 Å². The Labute approximate surface area is 221 Å². The molecule has 2 N–H and O–H groups in total. The summed E-state index contributed by atoms with van der Waals surface area (Å²) in [5, 5.41) is 29.3. The Kier molecular flexibility index (Phi) is 9.08. The van der Waals surface area contributed by atoms with Gasteiger partial charge in [-0.25, -0.2) is 0 Å². The summed E-state index contributed by atoms with van der Waals surface area (Å²) in [6.45, 7) is 2.43. The van der Waals surface area contributed by atoms with Crippen molar-refractivity contribution in [3.63, 3.8) is 0 Å². The van der Waals surface area contributed by atoms with Crippen LogP contribution in [-0.2, 0) is 0 Å². The van der Waals surface area contributed by atoms with Gasteiger partial charge in [0.05, 0.1) is 35.0 Å². The number of hydrogen-bond donors (Lipinski definition) is 2. The van der Waals surface area contributed by atoms with Crippen molar-refractivity contribution in [1.82, 2.24) is 4.90 Å². The minimum atomic E-state index is -0.0613. The van der Waals surface area contributed by atoms with Gasteiger partial charge in [-0.2, -0.15) is 5.26 Å². The number of aliphatic hydroxyl groups is 2. The van der Waals surface area contributed by atoms with Crippen LogP contribution in [0.3, 0.4) is 0 Å². The number of hydrogen-bond acceptors (Lipinski definition) is 6. The summed E-state index contributed by atoms with van der Waals surface area (Å²) < 4.78 is 5.52. The van der Waals surface area contributed by atoms with Crippen molar-refractivity contribution in [3.05, 3.63) is 93.5 Å². The highest BCUT2D eigenvalue weighted by Gasteiger charge is 2.33. The first-order chi connectivity index (χ1) is 17.5. The Balaban J connectivity index is 1.65. The Morgan fingerprint density at radius 2 is 1.72 bits per heavy atom. The number of nitriles is 1. The summed E-state index contributed by atoms with van der Waals surface area (Å²) in [6, 6.07) is 23.3. The molecular formula is C28H29Cl2N3O3. The van der Waals surface area contributed by atoms with Gasteiger partial charge < -0.3 is 19.8 Å². The fourth-order valence-electron chi connectivity index (χ4n) is 4.78. The maximum absolute atomic E-state index is 9.85. The van der Waals surface area contributed by atoms with Crippen LogP contribution in [0.2, 0.25) is 10.0 Å². The van der Waals surface area contributed by atoms with Crippen LogP contribution in [0.1, 0.15) is 35.2 Å². The van der Waals surface area contributed by atoms with Crippen LogP contribution in [0, 0.1) is 11.3 Å². The first-order valence-corrected chi connectivity index (χ1v) is 12.7. The molecule has 0 radical (unpaired) electrons. The van der Waals surface area contributed by atoms with Crippen molar-refractivity contribution in [1.29, 1.82) is 5.26 Å². The Bertz CT molecular complexity index is 1180. The third kappa shape index (κ3) is 6.12. The summed E-state index contributed by atoms with van der Waals surface area (Å²) in [6.07, 6.45) is 0.594. The number of halogens is 2. The van der Waals surface area contributed by atoms with Crippen molar-refractivity contribution in [3.8, 4) is 11.8 Å². The molecule has 0 aromatic heterocycles. The summed E-state index contributed by atoms with van der Waals surface area (Å²) in [4.78, 5) is 4.69. The zero-order valence-corrected chi connectivity index (χ0v) is 21.4. The van der Waals surface area contributed by atoms with Gasteiger partial charge in [0.15, 0.2) is 0 Å². The lowest BCUT2D eigenvalue weighted by Gasteiger charge is -2.46. The van der Waals surface area contributed by atoms with Gasteiger partial charge in [-0.15, -0.1) is 0 Å². The standard InChI is InChI=1S/C28H29Cl2N3O3/c29-23-7-5-22(6-8-23)28-19-32(26(11-14-34)21-3-1-20(18-31)2-4-21)12-13-33(28)27-10-9-24(17-25(27)30)36-16-15-35/h1-10,17,26,28,34-35H,11-16,19H2/t26?,28-/m0/s1. The molecule has 1 saturated heterocycles. The van der Waals surface area contributed by atoms with Crippen LogP contribution in [-0.4, -0.2) is 54.6 Å². The molecule has 6 nitrogen and oxygen atoms in total. The lowest BCUT2D eigenvalue weighted by Crippen LogP contribution is -2.50. The van der Waals surface area contributed by atoms with Crippen molar-refractivity contribution >= 4 is 28.9 Å². The highest BCUT2D eigenvalue weighted by molar-refractivity contribution is 6.33. The zero-order chi connectivity index (χ0) is 25.5.